The summed E-state index contributed by atoms with van der Waals surface area (Å²) in [5.41, 5.74) is -0.459. The summed E-state index contributed by atoms with van der Waals surface area (Å²) < 4.78 is 0. The average molecular weight is 197 g/mol. The van der Waals surface area contributed by atoms with Crippen LogP contribution in [0.25, 0.3) is 0 Å². The Morgan fingerprint density at radius 1 is 1.57 bits per heavy atom. The summed E-state index contributed by atoms with van der Waals surface area (Å²) in [6, 6.07) is 0. The van der Waals surface area contributed by atoms with Gasteiger partial charge in [-0.25, -0.2) is 0 Å². The van der Waals surface area contributed by atoms with Gasteiger partial charge in [0, 0.05) is 6.54 Å². The molecule has 0 spiro atoms. The summed E-state index contributed by atoms with van der Waals surface area (Å²) in [6.07, 6.45) is 4.22. The van der Waals surface area contributed by atoms with Crippen molar-refractivity contribution in [1.29, 1.82) is 0 Å². The number of nitrogens with one attached hydrogen (secondary N) is 1. The van der Waals surface area contributed by atoms with Crippen LogP contribution in [-0.4, -0.2) is 24.2 Å². The van der Waals surface area contributed by atoms with E-state index in [-0.39, 0.29) is 0 Å². The van der Waals surface area contributed by atoms with Gasteiger partial charge in [-0.2, -0.15) is 0 Å². The summed E-state index contributed by atoms with van der Waals surface area (Å²) >= 11 is 0. The topological polar surface area (TPSA) is 49.3 Å². The number of piperidine rings is 1. The highest BCUT2D eigenvalue weighted by molar-refractivity contribution is 5.75. The monoisotopic (exact) mass is 197 g/mol. The van der Waals surface area contributed by atoms with Crippen LogP contribution in [0.5, 0.6) is 0 Å². The van der Waals surface area contributed by atoms with E-state index in [1.165, 1.54) is 12.8 Å². The van der Waals surface area contributed by atoms with Crippen molar-refractivity contribution < 1.29 is 9.90 Å². The molecule has 1 aliphatic heterocycles. The lowest BCUT2D eigenvalue weighted by Gasteiger charge is -2.37. The van der Waals surface area contributed by atoms with Gasteiger partial charge in [-0.3, -0.25) is 4.79 Å². The molecule has 1 aliphatic carbocycles. The van der Waals surface area contributed by atoms with Crippen LogP contribution in [0.15, 0.2) is 0 Å². The fourth-order valence-electron chi connectivity index (χ4n) is 2.65. The van der Waals surface area contributed by atoms with Crippen LogP contribution < -0.4 is 5.32 Å². The van der Waals surface area contributed by atoms with E-state index in [2.05, 4.69) is 12.2 Å². The lowest BCUT2D eigenvalue weighted by atomic mass is 9.73. The molecule has 80 valence electrons. The number of carboxylic acids is 1. The van der Waals surface area contributed by atoms with Gasteiger partial charge in [-0.1, -0.05) is 19.8 Å². The number of hydrogen-bond acceptors (Lipinski definition) is 2. The standard InChI is InChI=1S/C11H19NO2/c1-8-4-11(10(13)14,7-12-6-8)5-9-2-3-9/h8-9,12H,2-7H2,1H3,(H,13,14). The van der Waals surface area contributed by atoms with E-state index in [1.54, 1.807) is 0 Å². The Kier molecular flexibility index (Phi) is 2.52. The van der Waals surface area contributed by atoms with Gasteiger partial charge in [0.25, 0.3) is 0 Å². The van der Waals surface area contributed by atoms with E-state index in [4.69, 9.17) is 0 Å². The Morgan fingerprint density at radius 3 is 2.79 bits per heavy atom. The highest BCUT2D eigenvalue weighted by Gasteiger charge is 2.45. The van der Waals surface area contributed by atoms with Crippen molar-refractivity contribution in [3.05, 3.63) is 0 Å². The van der Waals surface area contributed by atoms with Crippen molar-refractivity contribution in [3.8, 4) is 0 Å². The van der Waals surface area contributed by atoms with E-state index < -0.39 is 11.4 Å². The molecule has 2 rings (SSSR count). The molecule has 2 N–H and O–H groups in total. The van der Waals surface area contributed by atoms with Gasteiger partial charge in [0.15, 0.2) is 0 Å². The molecule has 3 heteroatoms. The SMILES string of the molecule is CC1CNCC(CC2CC2)(C(=O)O)C1. The Hall–Kier alpha value is -0.570. The van der Waals surface area contributed by atoms with Crippen LogP contribution in [0.2, 0.25) is 0 Å². The van der Waals surface area contributed by atoms with Crippen LogP contribution in [0.3, 0.4) is 0 Å². The molecule has 1 saturated heterocycles. The second-order valence-electron chi connectivity index (χ2n) is 5.17. The summed E-state index contributed by atoms with van der Waals surface area (Å²) in [5, 5.41) is 12.6. The number of carboxylic acid groups (broad SMARTS) is 1. The first-order valence-electron chi connectivity index (χ1n) is 5.56. The van der Waals surface area contributed by atoms with Gasteiger partial charge in [0.05, 0.1) is 5.41 Å². The molecule has 0 aromatic rings. The highest BCUT2D eigenvalue weighted by Crippen LogP contribution is 2.44. The molecule has 0 bridgehead atoms. The normalized spacial score (nSPS) is 38.2. The molecule has 3 nitrogen and oxygen atoms in total. The number of aliphatic carboxylic acids is 1. The molecule has 1 heterocycles. The minimum Gasteiger partial charge on any atom is -0.481 e. The van der Waals surface area contributed by atoms with Crippen LogP contribution in [0.4, 0.5) is 0 Å². The lowest BCUT2D eigenvalue weighted by molar-refractivity contribution is -0.151. The predicted octanol–water partition coefficient (Wildman–Crippen LogP) is 1.49. The van der Waals surface area contributed by atoms with Crippen molar-refractivity contribution in [1.82, 2.24) is 5.32 Å². The van der Waals surface area contributed by atoms with Crippen LogP contribution in [-0.2, 0) is 4.79 Å². The predicted molar refractivity (Wildman–Crippen MR) is 54.1 cm³/mol. The quantitative estimate of drug-likeness (QED) is 0.720. The van der Waals surface area contributed by atoms with Gasteiger partial charge in [0.1, 0.15) is 0 Å². The fourth-order valence-corrected chi connectivity index (χ4v) is 2.65. The molecule has 2 unspecified atom stereocenters. The Bertz CT molecular complexity index is 233. The molecule has 2 aliphatic rings. The summed E-state index contributed by atoms with van der Waals surface area (Å²) in [7, 11) is 0. The van der Waals surface area contributed by atoms with Crippen molar-refractivity contribution in [3.63, 3.8) is 0 Å². The van der Waals surface area contributed by atoms with Gasteiger partial charge in [-0.15, -0.1) is 0 Å². The zero-order chi connectivity index (χ0) is 10.2. The van der Waals surface area contributed by atoms with E-state index >= 15 is 0 Å². The van der Waals surface area contributed by atoms with Crippen LogP contribution >= 0.6 is 0 Å². The van der Waals surface area contributed by atoms with Crippen LogP contribution in [0, 0.1) is 17.3 Å². The molecule has 0 radical (unpaired) electrons. The van der Waals surface area contributed by atoms with Crippen molar-refractivity contribution in [2.75, 3.05) is 13.1 Å². The second-order valence-corrected chi connectivity index (χ2v) is 5.17. The maximum Gasteiger partial charge on any atom is 0.310 e. The molecular weight excluding hydrogens is 178 g/mol. The van der Waals surface area contributed by atoms with E-state index in [9.17, 15) is 9.90 Å². The molecular formula is C11H19NO2. The van der Waals surface area contributed by atoms with Crippen molar-refractivity contribution >= 4 is 5.97 Å². The van der Waals surface area contributed by atoms with Crippen molar-refractivity contribution in [2.24, 2.45) is 17.3 Å². The summed E-state index contributed by atoms with van der Waals surface area (Å²) in [5.74, 6) is 0.597. The third-order valence-corrected chi connectivity index (χ3v) is 3.53. The highest BCUT2D eigenvalue weighted by atomic mass is 16.4. The first-order chi connectivity index (χ1) is 6.62. The van der Waals surface area contributed by atoms with Gasteiger partial charge in [-0.05, 0) is 31.2 Å². The maximum atomic E-state index is 11.3. The smallest absolute Gasteiger partial charge is 0.310 e. The molecule has 2 fully saturated rings. The third-order valence-electron chi connectivity index (χ3n) is 3.53. The lowest BCUT2D eigenvalue weighted by Crippen LogP contribution is -2.48. The summed E-state index contributed by atoms with van der Waals surface area (Å²) in [6.45, 7) is 3.78. The largest absolute Gasteiger partial charge is 0.481 e. The number of carbonyl (C=O) groups is 1. The van der Waals surface area contributed by atoms with E-state index in [0.29, 0.717) is 18.4 Å². The van der Waals surface area contributed by atoms with E-state index in [1.807, 2.05) is 0 Å². The molecule has 14 heavy (non-hydrogen) atoms. The molecule has 0 aromatic carbocycles. The first kappa shape index (κ1) is 9.97. The van der Waals surface area contributed by atoms with Gasteiger partial charge < -0.3 is 10.4 Å². The van der Waals surface area contributed by atoms with Crippen LogP contribution in [0.1, 0.15) is 32.6 Å². The summed E-state index contributed by atoms with van der Waals surface area (Å²) in [4.78, 5) is 11.3. The molecule has 1 saturated carbocycles. The Morgan fingerprint density at radius 2 is 2.29 bits per heavy atom. The molecule has 2 atom stereocenters. The molecule has 0 aromatic heterocycles. The third kappa shape index (κ3) is 1.92. The fraction of sp³-hybridized carbons (Fsp3) is 0.909. The number of rotatable bonds is 3. The zero-order valence-electron chi connectivity index (χ0n) is 8.75. The average Bonchev–Trinajstić information content (AvgIpc) is 2.88. The first-order valence-corrected chi connectivity index (χ1v) is 5.56. The molecule has 0 amide bonds. The Balaban J connectivity index is 2.06. The van der Waals surface area contributed by atoms with Gasteiger partial charge >= 0.3 is 5.97 Å². The second kappa shape index (κ2) is 3.54. The zero-order valence-corrected chi connectivity index (χ0v) is 8.75. The van der Waals surface area contributed by atoms with Gasteiger partial charge in [0.2, 0.25) is 0 Å². The number of hydrogen-bond donors (Lipinski definition) is 2. The van der Waals surface area contributed by atoms with E-state index in [0.717, 1.165) is 19.4 Å². The minimum absolute atomic E-state index is 0.459. The van der Waals surface area contributed by atoms with Crippen molar-refractivity contribution in [2.45, 2.75) is 32.6 Å². The minimum atomic E-state index is -0.594. The Labute approximate surface area is 84.9 Å². The maximum absolute atomic E-state index is 11.3.